The van der Waals surface area contributed by atoms with Gasteiger partial charge < -0.3 is 0 Å². The summed E-state index contributed by atoms with van der Waals surface area (Å²) in [6.45, 7) is 2.40. The Kier molecular flexibility index (Phi) is 4.61. The molecule has 0 atom stereocenters. The smallest absolute Gasteiger partial charge is 0.263 e. The van der Waals surface area contributed by atoms with E-state index in [0.717, 1.165) is 31.5 Å². The fourth-order valence-electron chi connectivity index (χ4n) is 3.12. The molecule has 4 nitrogen and oxygen atoms in total. The van der Waals surface area contributed by atoms with E-state index in [1.807, 2.05) is 16.8 Å². The number of nitrogens with zero attached hydrogens (tertiary/aromatic N) is 3. The van der Waals surface area contributed by atoms with Crippen molar-refractivity contribution in [3.8, 4) is 21.0 Å². The van der Waals surface area contributed by atoms with Crippen LogP contribution >= 0.6 is 34.0 Å². The molecule has 0 unspecified atom stereocenters. The van der Waals surface area contributed by atoms with E-state index in [-0.39, 0.29) is 11.4 Å². The van der Waals surface area contributed by atoms with Gasteiger partial charge in [0.05, 0.1) is 24.0 Å². The third kappa shape index (κ3) is 3.43. The molecule has 0 aliphatic heterocycles. The van der Waals surface area contributed by atoms with Crippen LogP contribution in [0, 0.1) is 12.7 Å². The van der Waals surface area contributed by atoms with E-state index in [4.69, 9.17) is 0 Å². The first-order valence-corrected chi connectivity index (χ1v) is 11.4. The summed E-state index contributed by atoms with van der Waals surface area (Å²) in [4.78, 5) is 25.3. The topological polar surface area (TPSA) is 47.8 Å². The van der Waals surface area contributed by atoms with Gasteiger partial charge in [-0.05, 0) is 43.3 Å². The molecule has 0 bridgehead atoms. The van der Waals surface area contributed by atoms with E-state index in [1.165, 1.54) is 39.7 Å². The maximum absolute atomic E-state index is 13.2. The molecular formula is C21H14FN3OS3. The van der Waals surface area contributed by atoms with Gasteiger partial charge in [-0.15, -0.1) is 34.0 Å². The zero-order valence-electron chi connectivity index (χ0n) is 15.3. The minimum absolute atomic E-state index is 0.0614. The van der Waals surface area contributed by atoms with Gasteiger partial charge in [0.15, 0.2) is 0 Å². The highest BCUT2D eigenvalue weighted by Crippen LogP contribution is 2.35. The lowest BCUT2D eigenvalue weighted by atomic mass is 10.2. The summed E-state index contributed by atoms with van der Waals surface area (Å²) in [7, 11) is 0. The van der Waals surface area contributed by atoms with Crippen LogP contribution < -0.4 is 5.56 Å². The number of hydrogen-bond acceptors (Lipinski definition) is 6. The van der Waals surface area contributed by atoms with Crippen molar-refractivity contribution in [3.63, 3.8) is 0 Å². The number of hydrogen-bond donors (Lipinski definition) is 0. The first-order valence-electron chi connectivity index (χ1n) is 8.82. The highest BCUT2D eigenvalue weighted by molar-refractivity contribution is 7.19. The Balaban J connectivity index is 1.51. The normalized spacial score (nSPS) is 11.4. The zero-order chi connectivity index (χ0) is 20.0. The van der Waals surface area contributed by atoms with E-state index in [1.54, 1.807) is 34.4 Å². The Hall–Kier alpha value is -2.68. The van der Waals surface area contributed by atoms with Gasteiger partial charge in [-0.25, -0.2) is 14.4 Å². The monoisotopic (exact) mass is 439 g/mol. The van der Waals surface area contributed by atoms with Crippen LogP contribution in [0.5, 0.6) is 0 Å². The van der Waals surface area contributed by atoms with E-state index in [9.17, 15) is 9.18 Å². The fourth-order valence-corrected chi connectivity index (χ4v) is 5.80. The highest BCUT2D eigenvalue weighted by Gasteiger charge is 2.15. The second-order valence-electron chi connectivity index (χ2n) is 6.57. The molecule has 5 aromatic rings. The third-order valence-corrected chi connectivity index (χ3v) is 7.40. The number of thiophene rings is 2. The zero-order valence-corrected chi connectivity index (χ0v) is 17.7. The van der Waals surface area contributed by atoms with Gasteiger partial charge >= 0.3 is 0 Å². The summed E-state index contributed by atoms with van der Waals surface area (Å²) in [5.74, 6) is -0.274. The lowest BCUT2D eigenvalue weighted by Gasteiger charge is -2.04. The summed E-state index contributed by atoms with van der Waals surface area (Å²) in [6, 6.07) is 10.4. The lowest BCUT2D eigenvalue weighted by Crippen LogP contribution is -2.21. The van der Waals surface area contributed by atoms with Gasteiger partial charge in [0.1, 0.15) is 15.7 Å². The molecule has 1 aromatic carbocycles. The second kappa shape index (κ2) is 7.29. The van der Waals surface area contributed by atoms with Gasteiger partial charge in [0, 0.05) is 31.6 Å². The average Bonchev–Trinajstić information content (AvgIpc) is 3.44. The Bertz CT molecular complexity index is 1380. The lowest BCUT2D eigenvalue weighted by molar-refractivity contribution is 0.628. The SMILES string of the molecule is Cc1ccc(-c2csc3ncn(Cc4csc(-c5ccc(F)cc5)n4)c(=O)c23)s1. The quantitative estimate of drug-likeness (QED) is 0.355. The van der Waals surface area contributed by atoms with Crippen LogP contribution in [0.2, 0.25) is 0 Å². The predicted molar refractivity (Wildman–Crippen MR) is 119 cm³/mol. The van der Waals surface area contributed by atoms with Gasteiger partial charge in [-0.2, -0.15) is 0 Å². The molecule has 144 valence electrons. The van der Waals surface area contributed by atoms with Crippen molar-refractivity contribution in [3.05, 3.63) is 80.2 Å². The first kappa shape index (κ1) is 18.4. The average molecular weight is 440 g/mol. The van der Waals surface area contributed by atoms with E-state index < -0.39 is 0 Å². The molecule has 0 spiro atoms. The number of halogens is 1. The molecule has 4 aromatic heterocycles. The summed E-state index contributed by atoms with van der Waals surface area (Å²) in [5, 5.41) is 5.39. The number of rotatable bonds is 4. The van der Waals surface area contributed by atoms with Gasteiger partial charge in [0.2, 0.25) is 0 Å². The largest absolute Gasteiger partial charge is 0.293 e. The Morgan fingerprint density at radius 1 is 1.07 bits per heavy atom. The van der Waals surface area contributed by atoms with Crippen molar-refractivity contribution in [2.75, 3.05) is 0 Å². The van der Waals surface area contributed by atoms with Crippen LogP contribution in [-0.2, 0) is 6.54 Å². The van der Waals surface area contributed by atoms with Crippen LogP contribution in [0.15, 0.2) is 58.3 Å². The molecule has 5 rings (SSSR count). The number of fused-ring (bicyclic) bond motifs is 1. The van der Waals surface area contributed by atoms with Crippen molar-refractivity contribution >= 4 is 44.2 Å². The molecule has 8 heteroatoms. The van der Waals surface area contributed by atoms with Gasteiger partial charge in [-0.3, -0.25) is 9.36 Å². The fraction of sp³-hybridized carbons (Fsp3) is 0.0952. The standard InChI is InChI=1S/C21H14FN3OS3/c1-12-2-7-17(29-12)16-10-28-20-18(16)21(26)25(11-23-20)8-15-9-27-19(24-15)13-3-5-14(22)6-4-13/h2-7,9-11H,8H2,1H3. The van der Waals surface area contributed by atoms with Crippen LogP contribution in [0.1, 0.15) is 10.6 Å². The number of aromatic nitrogens is 3. The second-order valence-corrected chi connectivity index (χ2v) is 9.57. The number of benzene rings is 1. The van der Waals surface area contributed by atoms with Crippen molar-refractivity contribution < 1.29 is 4.39 Å². The van der Waals surface area contributed by atoms with Gasteiger partial charge in [0.25, 0.3) is 5.56 Å². The number of aryl methyl sites for hydroxylation is 1. The molecule has 0 N–H and O–H groups in total. The van der Waals surface area contributed by atoms with Crippen LogP contribution in [0.4, 0.5) is 4.39 Å². The molecule has 0 saturated carbocycles. The third-order valence-electron chi connectivity index (χ3n) is 4.54. The van der Waals surface area contributed by atoms with E-state index >= 15 is 0 Å². The Morgan fingerprint density at radius 2 is 1.90 bits per heavy atom. The minimum atomic E-state index is -0.274. The molecule has 29 heavy (non-hydrogen) atoms. The van der Waals surface area contributed by atoms with E-state index in [2.05, 4.69) is 23.0 Å². The molecule has 4 heterocycles. The van der Waals surface area contributed by atoms with E-state index in [0.29, 0.717) is 11.9 Å². The summed E-state index contributed by atoms with van der Waals surface area (Å²) >= 11 is 4.64. The van der Waals surface area contributed by atoms with Crippen LogP contribution in [0.3, 0.4) is 0 Å². The van der Waals surface area contributed by atoms with Gasteiger partial charge in [-0.1, -0.05) is 0 Å². The van der Waals surface area contributed by atoms with Crippen LogP contribution in [0.25, 0.3) is 31.2 Å². The van der Waals surface area contributed by atoms with Crippen molar-refractivity contribution in [2.24, 2.45) is 0 Å². The predicted octanol–water partition coefficient (Wildman–Crippen LogP) is 5.81. The maximum Gasteiger partial charge on any atom is 0.263 e. The minimum Gasteiger partial charge on any atom is -0.293 e. The highest BCUT2D eigenvalue weighted by atomic mass is 32.1. The van der Waals surface area contributed by atoms with Crippen molar-refractivity contribution in [1.82, 2.24) is 14.5 Å². The van der Waals surface area contributed by atoms with Crippen LogP contribution in [-0.4, -0.2) is 14.5 Å². The summed E-state index contributed by atoms with van der Waals surface area (Å²) < 4.78 is 14.7. The van der Waals surface area contributed by atoms with Crippen molar-refractivity contribution in [2.45, 2.75) is 13.5 Å². The summed E-state index contributed by atoms with van der Waals surface area (Å²) in [5.41, 5.74) is 2.52. The molecule has 0 aliphatic rings. The Morgan fingerprint density at radius 3 is 2.66 bits per heavy atom. The number of thiazole rings is 1. The molecule has 0 saturated heterocycles. The molecule has 0 fully saturated rings. The molecule has 0 radical (unpaired) electrons. The molecular weight excluding hydrogens is 425 g/mol. The van der Waals surface area contributed by atoms with Crippen molar-refractivity contribution in [1.29, 1.82) is 0 Å². The Labute approximate surface area is 177 Å². The first-order chi connectivity index (χ1) is 14.1. The maximum atomic E-state index is 13.2. The molecule has 0 amide bonds. The molecule has 0 aliphatic carbocycles. The summed E-state index contributed by atoms with van der Waals surface area (Å²) in [6.07, 6.45) is 1.58.